The number of carbonyl (C=O) groups is 1. The monoisotopic (exact) mass is 433 g/mol. The fourth-order valence-corrected chi connectivity index (χ4v) is 3.99. The molecule has 0 aliphatic carbocycles. The SMILES string of the molecule is O=C(CSc1ccc(Cl)cc1)N/N=C/c1cn(Cc2ccccc2)c2ccccc12. The Bertz CT molecular complexity index is 1170. The number of carbonyl (C=O) groups excluding carboxylic acids is 1. The van der Waals surface area contributed by atoms with Gasteiger partial charge in [0.25, 0.3) is 0 Å². The molecule has 0 aliphatic rings. The normalized spacial score (nSPS) is 11.2. The van der Waals surface area contributed by atoms with Crippen LogP contribution in [0.15, 0.2) is 95.1 Å². The van der Waals surface area contributed by atoms with Gasteiger partial charge < -0.3 is 4.57 Å². The molecule has 4 nitrogen and oxygen atoms in total. The van der Waals surface area contributed by atoms with Crippen molar-refractivity contribution in [3.8, 4) is 0 Å². The third-order valence-electron chi connectivity index (χ3n) is 4.59. The van der Waals surface area contributed by atoms with Gasteiger partial charge in [-0.25, -0.2) is 5.43 Å². The Morgan fingerprint density at radius 1 is 1.00 bits per heavy atom. The molecule has 30 heavy (non-hydrogen) atoms. The summed E-state index contributed by atoms with van der Waals surface area (Å²) in [4.78, 5) is 13.1. The third-order valence-corrected chi connectivity index (χ3v) is 5.86. The number of hydrogen-bond acceptors (Lipinski definition) is 3. The summed E-state index contributed by atoms with van der Waals surface area (Å²) >= 11 is 7.32. The van der Waals surface area contributed by atoms with Gasteiger partial charge in [-0.1, -0.05) is 60.1 Å². The van der Waals surface area contributed by atoms with E-state index in [1.54, 1.807) is 6.21 Å². The first-order valence-corrected chi connectivity index (χ1v) is 10.9. The molecule has 0 saturated heterocycles. The Kier molecular flexibility index (Phi) is 6.52. The van der Waals surface area contributed by atoms with Crippen LogP contribution in [0.2, 0.25) is 5.02 Å². The highest BCUT2D eigenvalue weighted by molar-refractivity contribution is 8.00. The first-order chi connectivity index (χ1) is 14.7. The summed E-state index contributed by atoms with van der Waals surface area (Å²) in [5.41, 5.74) is 5.94. The number of nitrogens with zero attached hydrogens (tertiary/aromatic N) is 2. The van der Waals surface area contributed by atoms with E-state index in [0.29, 0.717) is 5.02 Å². The minimum Gasteiger partial charge on any atom is -0.342 e. The van der Waals surface area contributed by atoms with Gasteiger partial charge in [-0.2, -0.15) is 5.10 Å². The maximum absolute atomic E-state index is 12.1. The minimum absolute atomic E-state index is 0.153. The molecule has 0 radical (unpaired) electrons. The summed E-state index contributed by atoms with van der Waals surface area (Å²) in [6.45, 7) is 0.777. The number of para-hydroxylation sites is 1. The molecule has 0 atom stereocenters. The quantitative estimate of drug-likeness (QED) is 0.235. The van der Waals surface area contributed by atoms with E-state index < -0.39 is 0 Å². The van der Waals surface area contributed by atoms with Gasteiger partial charge in [-0.15, -0.1) is 11.8 Å². The summed E-state index contributed by atoms with van der Waals surface area (Å²) < 4.78 is 2.20. The predicted molar refractivity (Wildman–Crippen MR) is 125 cm³/mol. The van der Waals surface area contributed by atoms with E-state index in [-0.39, 0.29) is 11.7 Å². The lowest BCUT2D eigenvalue weighted by molar-refractivity contribution is -0.118. The van der Waals surface area contributed by atoms with Crippen LogP contribution in [0.1, 0.15) is 11.1 Å². The molecule has 0 saturated carbocycles. The van der Waals surface area contributed by atoms with E-state index in [0.717, 1.165) is 27.9 Å². The van der Waals surface area contributed by atoms with Crippen LogP contribution in [-0.2, 0) is 11.3 Å². The number of halogens is 1. The van der Waals surface area contributed by atoms with Crippen molar-refractivity contribution < 1.29 is 4.79 Å². The lowest BCUT2D eigenvalue weighted by Gasteiger charge is -2.05. The molecule has 0 spiro atoms. The third kappa shape index (κ3) is 5.12. The van der Waals surface area contributed by atoms with Gasteiger partial charge in [0.1, 0.15) is 0 Å². The van der Waals surface area contributed by atoms with Crippen LogP contribution < -0.4 is 5.43 Å². The van der Waals surface area contributed by atoms with Crippen molar-refractivity contribution in [3.63, 3.8) is 0 Å². The predicted octanol–water partition coefficient (Wildman–Crippen LogP) is 5.59. The fraction of sp³-hybridized carbons (Fsp3) is 0.0833. The van der Waals surface area contributed by atoms with Crippen molar-refractivity contribution in [1.29, 1.82) is 0 Å². The summed E-state index contributed by atoms with van der Waals surface area (Å²) in [6.07, 6.45) is 3.77. The van der Waals surface area contributed by atoms with Gasteiger partial charge in [0, 0.05) is 39.1 Å². The standard InChI is InChI=1S/C24H20ClN3OS/c25-20-10-12-21(13-11-20)30-17-24(29)27-26-14-19-16-28(15-18-6-2-1-3-7-18)23-9-5-4-8-22(19)23/h1-14,16H,15,17H2,(H,27,29)/b26-14+. The van der Waals surface area contributed by atoms with Gasteiger partial charge in [-0.05, 0) is 35.9 Å². The number of fused-ring (bicyclic) bond motifs is 1. The summed E-state index contributed by atoms with van der Waals surface area (Å²) in [7, 11) is 0. The molecule has 1 N–H and O–H groups in total. The molecule has 0 bridgehead atoms. The number of hydrogen-bond donors (Lipinski definition) is 1. The number of thioether (sulfide) groups is 1. The first kappa shape index (κ1) is 20.3. The van der Waals surface area contributed by atoms with Gasteiger partial charge >= 0.3 is 0 Å². The van der Waals surface area contributed by atoms with Crippen LogP contribution in [0.25, 0.3) is 10.9 Å². The average molecular weight is 434 g/mol. The first-order valence-electron chi connectivity index (χ1n) is 9.51. The molecular weight excluding hydrogens is 414 g/mol. The van der Waals surface area contributed by atoms with Crippen molar-refractivity contribution in [3.05, 3.63) is 101 Å². The zero-order chi connectivity index (χ0) is 20.8. The second-order valence-electron chi connectivity index (χ2n) is 6.75. The van der Waals surface area contributed by atoms with Crippen molar-refractivity contribution in [1.82, 2.24) is 9.99 Å². The highest BCUT2D eigenvalue weighted by Crippen LogP contribution is 2.22. The van der Waals surface area contributed by atoms with E-state index in [2.05, 4.69) is 45.6 Å². The molecule has 3 aromatic carbocycles. The molecule has 4 rings (SSSR count). The van der Waals surface area contributed by atoms with E-state index in [4.69, 9.17) is 11.6 Å². The van der Waals surface area contributed by atoms with E-state index >= 15 is 0 Å². The number of hydrazone groups is 1. The molecule has 0 unspecified atom stereocenters. The molecule has 150 valence electrons. The number of rotatable bonds is 7. The van der Waals surface area contributed by atoms with Crippen molar-refractivity contribution in [2.45, 2.75) is 11.4 Å². The molecule has 1 amide bonds. The van der Waals surface area contributed by atoms with E-state index in [9.17, 15) is 4.79 Å². The van der Waals surface area contributed by atoms with E-state index in [1.807, 2.05) is 54.6 Å². The molecular formula is C24H20ClN3OS. The van der Waals surface area contributed by atoms with Gasteiger partial charge in [-0.3, -0.25) is 4.79 Å². The van der Waals surface area contributed by atoms with Crippen molar-refractivity contribution in [2.24, 2.45) is 5.10 Å². The average Bonchev–Trinajstić information content (AvgIpc) is 3.12. The van der Waals surface area contributed by atoms with Crippen LogP contribution >= 0.6 is 23.4 Å². The molecule has 0 aliphatic heterocycles. The lowest BCUT2D eigenvalue weighted by Crippen LogP contribution is -2.19. The zero-order valence-electron chi connectivity index (χ0n) is 16.2. The Morgan fingerprint density at radius 3 is 2.53 bits per heavy atom. The number of benzene rings is 3. The molecule has 4 aromatic rings. The van der Waals surface area contributed by atoms with Gasteiger partial charge in [0.05, 0.1) is 12.0 Å². The topological polar surface area (TPSA) is 46.4 Å². The van der Waals surface area contributed by atoms with Gasteiger partial charge in [0.2, 0.25) is 5.91 Å². The highest BCUT2D eigenvalue weighted by atomic mass is 35.5. The Hall–Kier alpha value is -3.02. The van der Waals surface area contributed by atoms with Crippen LogP contribution in [0.4, 0.5) is 0 Å². The van der Waals surface area contributed by atoms with Crippen molar-refractivity contribution in [2.75, 3.05) is 5.75 Å². The summed E-state index contributed by atoms with van der Waals surface area (Å²) in [5.74, 6) is 0.133. The Labute approximate surface area is 184 Å². The Balaban J connectivity index is 1.42. The summed E-state index contributed by atoms with van der Waals surface area (Å²) in [6, 6.07) is 25.9. The molecule has 0 fully saturated rings. The minimum atomic E-state index is -0.153. The Morgan fingerprint density at radius 2 is 1.73 bits per heavy atom. The van der Waals surface area contributed by atoms with Crippen molar-refractivity contribution >= 4 is 46.4 Å². The van der Waals surface area contributed by atoms with Crippen LogP contribution in [0.3, 0.4) is 0 Å². The molecule has 1 heterocycles. The smallest absolute Gasteiger partial charge is 0.250 e. The van der Waals surface area contributed by atoms with Crippen LogP contribution in [0, 0.1) is 0 Å². The molecule has 6 heteroatoms. The fourth-order valence-electron chi connectivity index (χ4n) is 3.17. The largest absolute Gasteiger partial charge is 0.342 e. The number of amides is 1. The van der Waals surface area contributed by atoms with Gasteiger partial charge in [0.15, 0.2) is 0 Å². The molecule has 1 aromatic heterocycles. The van der Waals surface area contributed by atoms with E-state index in [1.165, 1.54) is 17.3 Å². The lowest BCUT2D eigenvalue weighted by atomic mass is 10.2. The maximum atomic E-state index is 12.1. The summed E-state index contributed by atoms with van der Waals surface area (Å²) in [5, 5.41) is 5.95. The second-order valence-corrected chi connectivity index (χ2v) is 8.24. The highest BCUT2D eigenvalue weighted by Gasteiger charge is 2.07. The van der Waals surface area contributed by atoms with Crippen LogP contribution in [-0.4, -0.2) is 22.4 Å². The number of nitrogens with one attached hydrogen (secondary N) is 1. The zero-order valence-corrected chi connectivity index (χ0v) is 17.7. The van der Waals surface area contributed by atoms with Crippen LogP contribution in [0.5, 0.6) is 0 Å². The second kappa shape index (κ2) is 9.65. The number of aromatic nitrogens is 1. The maximum Gasteiger partial charge on any atom is 0.250 e.